The Bertz CT molecular complexity index is 429. The molecule has 0 N–H and O–H groups in total. The van der Waals surface area contributed by atoms with Crippen molar-refractivity contribution < 1.29 is 0 Å². The van der Waals surface area contributed by atoms with Gasteiger partial charge in [-0.15, -0.1) is 0 Å². The lowest BCUT2D eigenvalue weighted by molar-refractivity contribution is 0.753. The van der Waals surface area contributed by atoms with Crippen LogP contribution >= 0.6 is 0 Å². The molecule has 0 saturated heterocycles. The Kier molecular flexibility index (Phi) is 1.79. The minimum atomic E-state index is 0.465. The number of rotatable bonds is 1. The van der Waals surface area contributed by atoms with E-state index in [9.17, 15) is 0 Å². The fourth-order valence-corrected chi connectivity index (χ4v) is 1.53. The topological polar surface area (TPSA) is 30.2 Å². The molecule has 2 aromatic rings. The van der Waals surface area contributed by atoms with Crippen molar-refractivity contribution in [2.75, 3.05) is 0 Å². The fraction of sp³-hybridized carbons (Fsp3) is 0.400. The van der Waals surface area contributed by atoms with Gasteiger partial charge in [0.25, 0.3) is 0 Å². The van der Waals surface area contributed by atoms with E-state index in [2.05, 4.69) is 36.9 Å². The maximum atomic E-state index is 4.49. The Labute approximate surface area is 77.4 Å². The van der Waals surface area contributed by atoms with E-state index in [0.717, 1.165) is 11.3 Å². The first kappa shape index (κ1) is 8.23. The maximum absolute atomic E-state index is 4.49. The Morgan fingerprint density at radius 2 is 2.15 bits per heavy atom. The SMILES string of the molecule is Cc1cc2nccn2nc1C(C)C. The molecule has 0 aliphatic rings. The molecule has 0 amide bonds. The summed E-state index contributed by atoms with van der Waals surface area (Å²) in [6.45, 7) is 6.38. The van der Waals surface area contributed by atoms with E-state index in [4.69, 9.17) is 0 Å². The normalized spacial score (nSPS) is 11.4. The van der Waals surface area contributed by atoms with Crippen LogP contribution in [0.4, 0.5) is 0 Å². The van der Waals surface area contributed by atoms with Gasteiger partial charge in [-0.05, 0) is 24.5 Å². The molecule has 68 valence electrons. The third-order valence-corrected chi connectivity index (χ3v) is 2.16. The summed E-state index contributed by atoms with van der Waals surface area (Å²) >= 11 is 0. The second-order valence-electron chi connectivity index (χ2n) is 3.60. The van der Waals surface area contributed by atoms with Crippen molar-refractivity contribution in [2.24, 2.45) is 0 Å². The van der Waals surface area contributed by atoms with Gasteiger partial charge in [-0.1, -0.05) is 13.8 Å². The summed E-state index contributed by atoms with van der Waals surface area (Å²) in [6, 6.07) is 2.07. The highest BCUT2D eigenvalue weighted by Gasteiger charge is 2.07. The molecule has 0 aromatic carbocycles. The van der Waals surface area contributed by atoms with Gasteiger partial charge in [-0.25, -0.2) is 9.50 Å². The van der Waals surface area contributed by atoms with E-state index >= 15 is 0 Å². The number of fused-ring (bicyclic) bond motifs is 1. The van der Waals surface area contributed by atoms with Crippen molar-refractivity contribution >= 4 is 5.65 Å². The third-order valence-electron chi connectivity index (χ3n) is 2.16. The number of hydrogen-bond acceptors (Lipinski definition) is 2. The zero-order chi connectivity index (χ0) is 9.42. The van der Waals surface area contributed by atoms with Gasteiger partial charge in [0.1, 0.15) is 0 Å². The lowest BCUT2D eigenvalue weighted by atomic mass is 10.1. The molecule has 3 nitrogen and oxygen atoms in total. The molecule has 2 aromatic heterocycles. The molecule has 3 heteroatoms. The molecule has 2 heterocycles. The molecule has 0 unspecified atom stereocenters. The van der Waals surface area contributed by atoms with Crippen LogP contribution in [-0.2, 0) is 0 Å². The molecule has 0 saturated carbocycles. The maximum Gasteiger partial charge on any atom is 0.153 e. The van der Waals surface area contributed by atoms with Crippen LogP contribution < -0.4 is 0 Å². The average Bonchev–Trinajstić information content (AvgIpc) is 2.48. The van der Waals surface area contributed by atoms with E-state index in [0.29, 0.717) is 5.92 Å². The first-order valence-electron chi connectivity index (χ1n) is 4.49. The van der Waals surface area contributed by atoms with Gasteiger partial charge in [0.2, 0.25) is 0 Å². The Morgan fingerprint density at radius 1 is 1.38 bits per heavy atom. The number of nitrogens with zero attached hydrogens (tertiary/aromatic N) is 3. The highest BCUT2D eigenvalue weighted by atomic mass is 15.2. The summed E-state index contributed by atoms with van der Waals surface area (Å²) in [7, 11) is 0. The highest BCUT2D eigenvalue weighted by Crippen LogP contribution is 2.16. The molecule has 0 atom stereocenters. The summed E-state index contributed by atoms with van der Waals surface area (Å²) in [4.78, 5) is 4.18. The number of hydrogen-bond donors (Lipinski definition) is 0. The highest BCUT2D eigenvalue weighted by molar-refractivity contribution is 5.41. The minimum Gasteiger partial charge on any atom is -0.236 e. The molecule has 13 heavy (non-hydrogen) atoms. The van der Waals surface area contributed by atoms with Gasteiger partial charge in [-0.3, -0.25) is 0 Å². The zero-order valence-electron chi connectivity index (χ0n) is 8.15. The number of aromatic nitrogens is 3. The minimum absolute atomic E-state index is 0.465. The number of aryl methyl sites for hydroxylation is 1. The van der Waals surface area contributed by atoms with Gasteiger partial charge >= 0.3 is 0 Å². The molecule has 0 radical (unpaired) electrons. The van der Waals surface area contributed by atoms with Crippen LogP contribution in [-0.4, -0.2) is 14.6 Å². The lowest BCUT2D eigenvalue weighted by Crippen LogP contribution is -2.02. The van der Waals surface area contributed by atoms with E-state index in [1.807, 2.05) is 10.7 Å². The Morgan fingerprint density at radius 3 is 2.85 bits per heavy atom. The van der Waals surface area contributed by atoms with Gasteiger partial charge in [0.05, 0.1) is 5.69 Å². The molecular formula is C10H13N3. The van der Waals surface area contributed by atoms with Crippen LogP contribution in [0.2, 0.25) is 0 Å². The number of imidazole rings is 1. The summed E-state index contributed by atoms with van der Waals surface area (Å²) in [5, 5.41) is 4.49. The van der Waals surface area contributed by atoms with Gasteiger partial charge in [0, 0.05) is 12.4 Å². The third kappa shape index (κ3) is 1.30. The van der Waals surface area contributed by atoms with Crippen LogP contribution in [0, 0.1) is 6.92 Å². The van der Waals surface area contributed by atoms with Crippen LogP contribution in [0.25, 0.3) is 5.65 Å². The van der Waals surface area contributed by atoms with E-state index in [1.165, 1.54) is 5.56 Å². The van der Waals surface area contributed by atoms with Crippen LogP contribution in [0.5, 0.6) is 0 Å². The van der Waals surface area contributed by atoms with Gasteiger partial charge in [0.15, 0.2) is 5.65 Å². The quantitative estimate of drug-likeness (QED) is 0.664. The van der Waals surface area contributed by atoms with Crippen molar-refractivity contribution in [3.63, 3.8) is 0 Å². The van der Waals surface area contributed by atoms with E-state index in [1.54, 1.807) is 6.20 Å². The van der Waals surface area contributed by atoms with Crippen molar-refractivity contribution in [1.29, 1.82) is 0 Å². The van der Waals surface area contributed by atoms with Gasteiger partial charge < -0.3 is 0 Å². The fourth-order valence-electron chi connectivity index (χ4n) is 1.53. The second kappa shape index (κ2) is 2.83. The first-order chi connectivity index (χ1) is 6.18. The van der Waals surface area contributed by atoms with Crippen LogP contribution in [0.15, 0.2) is 18.5 Å². The zero-order valence-corrected chi connectivity index (χ0v) is 8.15. The summed E-state index contributed by atoms with van der Waals surface area (Å²) in [5.41, 5.74) is 3.28. The standard InChI is InChI=1S/C10H13N3/c1-7(2)10-8(3)6-9-11-4-5-13(9)12-10/h4-7H,1-3H3. The summed E-state index contributed by atoms with van der Waals surface area (Å²) in [6.07, 6.45) is 3.65. The molecule has 0 aliphatic heterocycles. The molecule has 0 aliphatic carbocycles. The smallest absolute Gasteiger partial charge is 0.153 e. The summed E-state index contributed by atoms with van der Waals surface area (Å²) < 4.78 is 1.82. The van der Waals surface area contributed by atoms with Crippen molar-refractivity contribution in [2.45, 2.75) is 26.7 Å². The predicted octanol–water partition coefficient (Wildman–Crippen LogP) is 2.16. The molecule has 2 rings (SSSR count). The van der Waals surface area contributed by atoms with Crippen LogP contribution in [0.3, 0.4) is 0 Å². The monoisotopic (exact) mass is 175 g/mol. The molecular weight excluding hydrogens is 162 g/mol. The van der Waals surface area contributed by atoms with Crippen molar-refractivity contribution in [3.8, 4) is 0 Å². The van der Waals surface area contributed by atoms with Crippen molar-refractivity contribution in [1.82, 2.24) is 14.6 Å². The molecule has 0 fully saturated rings. The van der Waals surface area contributed by atoms with E-state index in [-0.39, 0.29) is 0 Å². The lowest BCUT2D eigenvalue weighted by Gasteiger charge is -2.07. The first-order valence-corrected chi connectivity index (χ1v) is 4.49. The Balaban J connectivity index is 2.69. The van der Waals surface area contributed by atoms with Crippen molar-refractivity contribution in [3.05, 3.63) is 29.7 Å². The van der Waals surface area contributed by atoms with Crippen LogP contribution in [0.1, 0.15) is 31.0 Å². The molecule has 0 spiro atoms. The largest absolute Gasteiger partial charge is 0.236 e. The average molecular weight is 175 g/mol. The van der Waals surface area contributed by atoms with Gasteiger partial charge in [-0.2, -0.15) is 5.10 Å². The Hall–Kier alpha value is -1.38. The summed E-state index contributed by atoms with van der Waals surface area (Å²) in [5.74, 6) is 0.465. The molecule has 0 bridgehead atoms. The second-order valence-corrected chi connectivity index (χ2v) is 3.60. The predicted molar refractivity (Wildman–Crippen MR) is 51.8 cm³/mol. The van der Waals surface area contributed by atoms with E-state index < -0.39 is 0 Å².